The number of nitrogens with one attached hydrogen (secondary N) is 1. The van der Waals surface area contributed by atoms with Gasteiger partial charge in [-0.15, -0.1) is 0 Å². The lowest BCUT2D eigenvalue weighted by Gasteiger charge is -2.26. The van der Waals surface area contributed by atoms with E-state index in [2.05, 4.69) is 10.5 Å². The molecule has 0 saturated heterocycles. The summed E-state index contributed by atoms with van der Waals surface area (Å²) in [4.78, 5) is 33.2. The van der Waals surface area contributed by atoms with Crippen LogP contribution < -0.4 is 14.8 Å². The number of amides is 1. The number of Topliss-reactive ketones (excluding diaryl/α,β-unsaturated/α-hetero) is 1. The molecule has 0 saturated carbocycles. The van der Waals surface area contributed by atoms with E-state index in [9.17, 15) is 9.59 Å². The number of carbonyl (C=O) groups excluding carboxylic acids is 2. The van der Waals surface area contributed by atoms with Crippen molar-refractivity contribution in [3.8, 4) is 11.5 Å². The van der Waals surface area contributed by atoms with E-state index in [0.29, 0.717) is 39.6 Å². The predicted octanol–water partition coefficient (Wildman–Crippen LogP) is 4.09. The van der Waals surface area contributed by atoms with Crippen LogP contribution in [0.3, 0.4) is 0 Å². The number of ether oxygens (including phenoxy) is 2. The molecule has 0 radical (unpaired) electrons. The summed E-state index contributed by atoms with van der Waals surface area (Å²) >= 11 is 0. The third-order valence-corrected chi connectivity index (χ3v) is 6.16. The number of hydrogen-bond donors (Lipinski definition) is 1. The summed E-state index contributed by atoms with van der Waals surface area (Å²) in [6.07, 6.45) is 0. The number of aryl methyl sites for hydroxylation is 1. The summed E-state index contributed by atoms with van der Waals surface area (Å²) in [6, 6.07) is 19.7. The minimum absolute atomic E-state index is 0.257. The third-order valence-electron chi connectivity index (χ3n) is 6.16. The van der Waals surface area contributed by atoms with E-state index in [1.54, 1.807) is 49.6 Å². The topological polar surface area (TPSA) is 86.2 Å². The van der Waals surface area contributed by atoms with E-state index < -0.39 is 17.4 Å². The maximum atomic E-state index is 13.9. The Morgan fingerprint density at radius 3 is 2.45 bits per heavy atom. The largest absolute Gasteiger partial charge is 0.493 e. The van der Waals surface area contributed by atoms with Gasteiger partial charge in [-0.3, -0.25) is 9.59 Å². The zero-order chi connectivity index (χ0) is 23.2. The number of methoxy groups -OCH3 is 2. The summed E-state index contributed by atoms with van der Waals surface area (Å²) in [5.74, 6) is -0.652. The van der Waals surface area contributed by atoms with Crippen molar-refractivity contribution < 1.29 is 23.9 Å². The Morgan fingerprint density at radius 2 is 1.73 bits per heavy atom. The van der Waals surface area contributed by atoms with Gasteiger partial charge in [-0.1, -0.05) is 53.2 Å². The molecular weight excluding hydrogens is 420 g/mol. The molecule has 2 aliphatic heterocycles. The Balaban J connectivity index is 1.68. The van der Waals surface area contributed by atoms with Crippen molar-refractivity contribution in [2.24, 2.45) is 11.1 Å². The molecule has 2 heterocycles. The fourth-order valence-electron chi connectivity index (χ4n) is 4.46. The number of fused-ring (bicyclic) bond motifs is 2. The van der Waals surface area contributed by atoms with Crippen molar-refractivity contribution in [2.45, 2.75) is 12.5 Å². The van der Waals surface area contributed by atoms with Crippen molar-refractivity contribution >= 4 is 23.1 Å². The Labute approximate surface area is 191 Å². The van der Waals surface area contributed by atoms with Gasteiger partial charge < -0.3 is 19.6 Å². The summed E-state index contributed by atoms with van der Waals surface area (Å²) < 4.78 is 10.8. The van der Waals surface area contributed by atoms with E-state index in [1.807, 2.05) is 31.2 Å². The maximum absolute atomic E-state index is 13.9. The summed E-state index contributed by atoms with van der Waals surface area (Å²) in [7, 11) is 3.08. The highest BCUT2D eigenvalue weighted by molar-refractivity contribution is 6.24. The fourth-order valence-corrected chi connectivity index (χ4v) is 4.46. The Morgan fingerprint density at radius 1 is 1.00 bits per heavy atom. The van der Waals surface area contributed by atoms with E-state index in [0.717, 1.165) is 5.56 Å². The monoisotopic (exact) mass is 442 g/mol. The zero-order valence-electron chi connectivity index (χ0n) is 18.4. The van der Waals surface area contributed by atoms with Gasteiger partial charge in [-0.25, -0.2) is 0 Å². The first-order chi connectivity index (χ1) is 16.0. The van der Waals surface area contributed by atoms with Crippen molar-refractivity contribution in [1.82, 2.24) is 0 Å². The van der Waals surface area contributed by atoms with Crippen LogP contribution in [0.25, 0.3) is 0 Å². The third kappa shape index (κ3) is 3.08. The molecule has 0 bridgehead atoms. The van der Waals surface area contributed by atoms with Gasteiger partial charge in [0.15, 0.2) is 17.3 Å². The minimum atomic E-state index is -1.60. The SMILES string of the molecule is COc1ccc(C2=NO[C@]3(C(=O)Nc4ccccc43)[C@@H]2C(=O)c2ccc(C)cc2)cc1OC. The second-order valence-electron chi connectivity index (χ2n) is 8.04. The molecule has 0 fully saturated rings. The normalized spacial score (nSPS) is 20.6. The molecule has 3 aromatic rings. The molecule has 2 atom stereocenters. The van der Waals surface area contributed by atoms with Gasteiger partial charge in [-0.05, 0) is 31.2 Å². The van der Waals surface area contributed by atoms with Crippen LogP contribution in [0.2, 0.25) is 0 Å². The first-order valence-corrected chi connectivity index (χ1v) is 10.5. The van der Waals surface area contributed by atoms with Crippen LogP contribution in [0.1, 0.15) is 27.0 Å². The molecule has 7 nitrogen and oxygen atoms in total. The molecule has 166 valence electrons. The van der Waals surface area contributed by atoms with Crippen LogP contribution in [-0.2, 0) is 15.2 Å². The van der Waals surface area contributed by atoms with E-state index in [1.165, 1.54) is 7.11 Å². The van der Waals surface area contributed by atoms with Gasteiger partial charge in [-0.2, -0.15) is 0 Å². The van der Waals surface area contributed by atoms with Gasteiger partial charge in [0.2, 0.25) is 0 Å². The summed E-state index contributed by atoms with van der Waals surface area (Å²) in [5, 5.41) is 7.16. The van der Waals surface area contributed by atoms with Crippen LogP contribution in [0, 0.1) is 12.8 Å². The molecule has 7 heteroatoms. The van der Waals surface area contributed by atoms with Gasteiger partial charge in [0.05, 0.1) is 14.2 Å². The standard InChI is InChI=1S/C26H22N2O5/c1-15-8-10-16(11-9-15)24(29)22-23(17-12-13-20(31-2)21(14-17)32-3)28-33-26(22)18-6-4-5-7-19(18)27-25(26)30/h4-14,22H,1-3H3,(H,27,30)/t22-,26-/m0/s1. The molecule has 1 N–H and O–H groups in total. The zero-order valence-corrected chi connectivity index (χ0v) is 18.4. The van der Waals surface area contributed by atoms with Crippen LogP contribution in [0.5, 0.6) is 11.5 Å². The number of rotatable bonds is 5. The number of ketones is 1. The van der Waals surface area contributed by atoms with Crippen molar-refractivity contribution in [2.75, 3.05) is 19.5 Å². The quantitative estimate of drug-likeness (QED) is 0.602. The highest BCUT2D eigenvalue weighted by atomic mass is 16.7. The Kier molecular flexibility index (Phi) is 4.89. The smallest absolute Gasteiger partial charge is 0.277 e. The van der Waals surface area contributed by atoms with Gasteiger partial charge in [0.25, 0.3) is 11.5 Å². The number of para-hydroxylation sites is 1. The van der Waals surface area contributed by atoms with Gasteiger partial charge >= 0.3 is 0 Å². The Bertz CT molecular complexity index is 1300. The molecule has 0 aliphatic carbocycles. The molecule has 5 rings (SSSR count). The molecule has 2 aliphatic rings. The van der Waals surface area contributed by atoms with Crippen molar-refractivity contribution in [1.29, 1.82) is 0 Å². The number of oxime groups is 1. The molecule has 0 unspecified atom stereocenters. The van der Waals surface area contributed by atoms with Crippen LogP contribution >= 0.6 is 0 Å². The van der Waals surface area contributed by atoms with E-state index in [4.69, 9.17) is 14.3 Å². The number of hydrogen-bond acceptors (Lipinski definition) is 6. The first kappa shape index (κ1) is 20.8. The number of nitrogens with zero attached hydrogens (tertiary/aromatic N) is 1. The molecule has 33 heavy (non-hydrogen) atoms. The minimum Gasteiger partial charge on any atom is -0.493 e. The van der Waals surface area contributed by atoms with Crippen LogP contribution in [-0.4, -0.2) is 31.6 Å². The second-order valence-corrected chi connectivity index (χ2v) is 8.04. The average Bonchev–Trinajstić information content (AvgIpc) is 3.37. The molecule has 1 amide bonds. The predicted molar refractivity (Wildman–Crippen MR) is 123 cm³/mol. The maximum Gasteiger partial charge on any atom is 0.277 e. The van der Waals surface area contributed by atoms with Crippen LogP contribution in [0.15, 0.2) is 71.9 Å². The van der Waals surface area contributed by atoms with Gasteiger partial charge in [0.1, 0.15) is 11.6 Å². The molecule has 3 aromatic carbocycles. The lowest BCUT2D eigenvalue weighted by Crippen LogP contribution is -2.46. The number of benzene rings is 3. The second kappa shape index (κ2) is 7.78. The number of anilines is 1. The average molecular weight is 442 g/mol. The van der Waals surface area contributed by atoms with E-state index in [-0.39, 0.29) is 5.78 Å². The first-order valence-electron chi connectivity index (χ1n) is 10.5. The number of carbonyl (C=O) groups is 2. The fraction of sp³-hybridized carbons (Fsp3) is 0.192. The Hall–Kier alpha value is -4.13. The lowest BCUT2D eigenvalue weighted by atomic mass is 9.74. The van der Waals surface area contributed by atoms with Gasteiger partial charge in [0, 0.05) is 22.4 Å². The molecule has 1 spiro atoms. The summed E-state index contributed by atoms with van der Waals surface area (Å²) in [6.45, 7) is 1.95. The van der Waals surface area contributed by atoms with Crippen LogP contribution in [0.4, 0.5) is 5.69 Å². The van der Waals surface area contributed by atoms with Crippen molar-refractivity contribution in [3.05, 3.63) is 89.0 Å². The summed E-state index contributed by atoms with van der Waals surface area (Å²) in [5.41, 5.74) is 2.05. The molecule has 0 aromatic heterocycles. The molecular formula is C26H22N2O5. The lowest BCUT2D eigenvalue weighted by molar-refractivity contribution is -0.140. The highest BCUT2D eigenvalue weighted by Gasteiger charge is 2.63. The van der Waals surface area contributed by atoms with E-state index >= 15 is 0 Å². The highest BCUT2D eigenvalue weighted by Crippen LogP contribution is 2.50. The van der Waals surface area contributed by atoms with Crippen molar-refractivity contribution in [3.63, 3.8) is 0 Å².